The fourth-order valence-corrected chi connectivity index (χ4v) is 4.81. The van der Waals surface area contributed by atoms with Crippen molar-refractivity contribution in [2.45, 2.75) is 64.5 Å². The number of aliphatic hydroxyl groups excluding tert-OH is 1. The maximum Gasteiger partial charge on any atom is 0.295 e. The molecule has 1 heterocycles. The largest absolute Gasteiger partial charge is 0.507 e. The fourth-order valence-electron chi connectivity index (χ4n) is 4.81. The summed E-state index contributed by atoms with van der Waals surface area (Å²) >= 11 is 0. The molecule has 0 bridgehead atoms. The molecular weight excluding hydrogens is 430 g/mol. The number of ether oxygens (including phenoxy) is 2. The minimum atomic E-state index is -0.638. The smallest absolute Gasteiger partial charge is 0.295 e. The van der Waals surface area contributed by atoms with E-state index in [-0.39, 0.29) is 17.4 Å². The Morgan fingerprint density at radius 1 is 0.941 bits per heavy atom. The van der Waals surface area contributed by atoms with Gasteiger partial charge in [0.2, 0.25) is 0 Å². The average Bonchev–Trinajstić information content (AvgIpc) is 3.48. The molecule has 34 heavy (non-hydrogen) atoms. The zero-order valence-electron chi connectivity index (χ0n) is 20.0. The number of amides is 1. The summed E-state index contributed by atoms with van der Waals surface area (Å²) in [7, 11) is 0. The van der Waals surface area contributed by atoms with Crippen LogP contribution in [0, 0.1) is 0 Å². The molecule has 180 valence electrons. The third kappa shape index (κ3) is 4.81. The lowest BCUT2D eigenvalue weighted by Gasteiger charge is -2.30. The van der Waals surface area contributed by atoms with Crippen LogP contribution in [-0.2, 0) is 9.59 Å². The Bertz CT molecular complexity index is 1050. The van der Waals surface area contributed by atoms with Crippen LogP contribution in [0.1, 0.15) is 69.5 Å². The van der Waals surface area contributed by atoms with Crippen molar-refractivity contribution in [1.29, 1.82) is 0 Å². The molecule has 0 radical (unpaired) electrons. The number of aliphatic hydroxyl groups is 1. The summed E-state index contributed by atoms with van der Waals surface area (Å²) in [5.41, 5.74) is 1.38. The SMILES string of the molecule is CCCOc1ccc(C2/C(=C(/O)c3cccc(OCCC)c3)C(=O)C(=O)N2C2CCCC2)cc1. The van der Waals surface area contributed by atoms with Crippen LogP contribution < -0.4 is 9.47 Å². The van der Waals surface area contributed by atoms with Gasteiger partial charge in [0, 0.05) is 11.6 Å². The van der Waals surface area contributed by atoms with E-state index in [0.717, 1.165) is 49.8 Å². The molecule has 1 N–H and O–H groups in total. The van der Waals surface area contributed by atoms with E-state index in [1.54, 1.807) is 23.1 Å². The van der Waals surface area contributed by atoms with Crippen LogP contribution in [0.25, 0.3) is 5.76 Å². The number of carbonyl (C=O) groups is 2. The molecule has 1 aliphatic heterocycles. The fraction of sp³-hybridized carbons (Fsp3) is 0.429. The zero-order chi connectivity index (χ0) is 24.1. The Hall–Kier alpha value is -3.28. The Labute approximate surface area is 201 Å². The van der Waals surface area contributed by atoms with Gasteiger partial charge in [-0.3, -0.25) is 9.59 Å². The predicted octanol–water partition coefficient (Wildman–Crippen LogP) is 5.63. The van der Waals surface area contributed by atoms with E-state index in [4.69, 9.17) is 9.47 Å². The number of rotatable bonds is 9. The molecule has 1 aliphatic carbocycles. The Kier molecular flexibility index (Phi) is 7.56. The van der Waals surface area contributed by atoms with E-state index in [1.165, 1.54) is 0 Å². The first kappa shape index (κ1) is 23.9. The van der Waals surface area contributed by atoms with E-state index in [1.807, 2.05) is 44.2 Å². The standard InChI is InChI=1S/C28H33NO5/c1-3-16-33-22-14-12-19(13-15-22)25-24(27(31)28(32)29(25)21-9-5-6-10-21)26(30)20-8-7-11-23(18-20)34-17-4-2/h7-8,11-15,18,21,25,30H,3-6,9-10,16-17H2,1-2H3/b26-24-. The molecule has 2 aromatic carbocycles. The van der Waals surface area contributed by atoms with E-state index in [2.05, 4.69) is 0 Å². The molecule has 6 heteroatoms. The van der Waals surface area contributed by atoms with E-state index in [0.29, 0.717) is 24.5 Å². The number of carbonyl (C=O) groups excluding carboxylic acids is 2. The molecule has 2 fully saturated rings. The zero-order valence-corrected chi connectivity index (χ0v) is 20.0. The summed E-state index contributed by atoms with van der Waals surface area (Å²) < 4.78 is 11.4. The lowest BCUT2D eigenvalue weighted by Crippen LogP contribution is -2.37. The summed E-state index contributed by atoms with van der Waals surface area (Å²) in [5, 5.41) is 11.3. The number of benzene rings is 2. The topological polar surface area (TPSA) is 76.1 Å². The highest BCUT2D eigenvalue weighted by atomic mass is 16.5. The van der Waals surface area contributed by atoms with Gasteiger partial charge in [-0.15, -0.1) is 0 Å². The number of ketones is 1. The molecule has 4 rings (SSSR count). The summed E-state index contributed by atoms with van der Waals surface area (Å²) in [6.07, 6.45) is 5.55. The van der Waals surface area contributed by atoms with E-state index in [9.17, 15) is 14.7 Å². The Balaban J connectivity index is 1.77. The number of likely N-dealkylation sites (tertiary alicyclic amines) is 1. The van der Waals surface area contributed by atoms with Crippen molar-refractivity contribution < 1.29 is 24.2 Å². The van der Waals surface area contributed by atoms with Gasteiger partial charge in [-0.25, -0.2) is 0 Å². The second-order valence-corrected chi connectivity index (χ2v) is 8.94. The van der Waals surface area contributed by atoms with E-state index < -0.39 is 17.7 Å². The summed E-state index contributed by atoms with van der Waals surface area (Å²) in [6.45, 7) is 5.25. The first-order chi connectivity index (χ1) is 16.5. The molecule has 1 unspecified atom stereocenters. The molecule has 6 nitrogen and oxygen atoms in total. The lowest BCUT2D eigenvalue weighted by atomic mass is 9.94. The molecule has 1 saturated heterocycles. The van der Waals surface area contributed by atoms with Crippen molar-refractivity contribution in [3.05, 3.63) is 65.2 Å². The third-order valence-electron chi connectivity index (χ3n) is 6.45. The minimum absolute atomic E-state index is 0.0120. The molecule has 1 saturated carbocycles. The minimum Gasteiger partial charge on any atom is -0.507 e. The Morgan fingerprint density at radius 3 is 2.24 bits per heavy atom. The second-order valence-electron chi connectivity index (χ2n) is 8.94. The molecule has 0 aromatic heterocycles. The van der Waals surface area contributed by atoms with Gasteiger partial charge in [-0.2, -0.15) is 0 Å². The lowest BCUT2D eigenvalue weighted by molar-refractivity contribution is -0.141. The maximum absolute atomic E-state index is 13.3. The molecule has 2 aromatic rings. The molecular formula is C28H33NO5. The van der Waals surface area contributed by atoms with Gasteiger partial charge >= 0.3 is 0 Å². The molecule has 1 amide bonds. The van der Waals surface area contributed by atoms with Gasteiger partial charge in [0.25, 0.3) is 11.7 Å². The first-order valence-corrected chi connectivity index (χ1v) is 12.3. The number of hydrogen-bond acceptors (Lipinski definition) is 5. The molecule has 0 spiro atoms. The van der Waals surface area contributed by atoms with Crippen LogP contribution in [0.5, 0.6) is 11.5 Å². The van der Waals surface area contributed by atoms with Crippen LogP contribution in [0.15, 0.2) is 54.1 Å². The quantitative estimate of drug-likeness (QED) is 0.296. The predicted molar refractivity (Wildman–Crippen MR) is 131 cm³/mol. The van der Waals surface area contributed by atoms with Gasteiger partial charge < -0.3 is 19.5 Å². The Morgan fingerprint density at radius 2 is 1.59 bits per heavy atom. The van der Waals surface area contributed by atoms with Crippen molar-refractivity contribution in [1.82, 2.24) is 4.90 Å². The van der Waals surface area contributed by atoms with Gasteiger partial charge in [0.15, 0.2) is 0 Å². The van der Waals surface area contributed by atoms with Crippen LogP contribution in [0.3, 0.4) is 0 Å². The monoisotopic (exact) mass is 463 g/mol. The van der Waals surface area contributed by atoms with Crippen molar-refractivity contribution in [2.75, 3.05) is 13.2 Å². The maximum atomic E-state index is 13.3. The van der Waals surface area contributed by atoms with Crippen molar-refractivity contribution >= 4 is 17.4 Å². The van der Waals surface area contributed by atoms with Gasteiger partial charge in [-0.05, 0) is 55.5 Å². The number of Topliss-reactive ketones (excluding diaryl/α,β-unsaturated/α-hetero) is 1. The summed E-state index contributed by atoms with van der Waals surface area (Å²) in [6, 6.07) is 13.9. The van der Waals surface area contributed by atoms with Crippen molar-refractivity contribution in [3.63, 3.8) is 0 Å². The van der Waals surface area contributed by atoms with Gasteiger partial charge in [0.05, 0.1) is 24.8 Å². The first-order valence-electron chi connectivity index (χ1n) is 12.3. The van der Waals surface area contributed by atoms with Crippen molar-refractivity contribution in [3.8, 4) is 11.5 Å². The van der Waals surface area contributed by atoms with Crippen LogP contribution in [0.2, 0.25) is 0 Å². The summed E-state index contributed by atoms with van der Waals surface area (Å²) in [4.78, 5) is 28.2. The molecule has 1 atom stereocenters. The van der Waals surface area contributed by atoms with Crippen LogP contribution >= 0.6 is 0 Å². The highest BCUT2D eigenvalue weighted by molar-refractivity contribution is 6.46. The number of nitrogens with zero attached hydrogens (tertiary/aromatic N) is 1. The van der Waals surface area contributed by atoms with Crippen LogP contribution in [-0.4, -0.2) is 41.0 Å². The van der Waals surface area contributed by atoms with Crippen molar-refractivity contribution in [2.24, 2.45) is 0 Å². The highest BCUT2D eigenvalue weighted by Crippen LogP contribution is 2.43. The highest BCUT2D eigenvalue weighted by Gasteiger charge is 2.49. The average molecular weight is 464 g/mol. The normalized spacial score (nSPS) is 20.2. The van der Waals surface area contributed by atoms with Gasteiger partial charge in [-0.1, -0.05) is 51.0 Å². The summed E-state index contributed by atoms with van der Waals surface area (Å²) in [5.74, 6) is 0.00919. The number of hydrogen-bond donors (Lipinski definition) is 1. The third-order valence-corrected chi connectivity index (χ3v) is 6.45. The second kappa shape index (κ2) is 10.8. The van der Waals surface area contributed by atoms with Crippen LogP contribution in [0.4, 0.5) is 0 Å². The van der Waals surface area contributed by atoms with E-state index >= 15 is 0 Å². The van der Waals surface area contributed by atoms with Gasteiger partial charge in [0.1, 0.15) is 17.3 Å². The molecule has 2 aliphatic rings.